The van der Waals surface area contributed by atoms with Gasteiger partial charge >= 0.3 is 0 Å². The monoisotopic (exact) mass is 466 g/mol. The van der Waals surface area contributed by atoms with Crippen LogP contribution in [-0.2, 0) is 0 Å². The first-order valence-electron chi connectivity index (χ1n) is 11.8. The Morgan fingerprint density at radius 2 is 1.50 bits per heavy atom. The lowest BCUT2D eigenvalue weighted by atomic mass is 10.00. The average molecular weight is 467 g/mol. The molecule has 5 heteroatoms. The van der Waals surface area contributed by atoms with E-state index in [1.165, 1.54) is 0 Å². The first-order valence-corrected chi connectivity index (χ1v) is 12.6. The van der Waals surface area contributed by atoms with Gasteiger partial charge in [0.25, 0.3) is 0 Å². The smallest absolute Gasteiger partial charge is 0.186 e. The molecule has 0 unspecified atom stereocenters. The van der Waals surface area contributed by atoms with Crippen LogP contribution in [-0.4, -0.2) is 18.1 Å². The number of allylic oxidation sites excluding steroid dienone is 3. The summed E-state index contributed by atoms with van der Waals surface area (Å²) in [4.78, 5) is 8.48. The van der Waals surface area contributed by atoms with Crippen molar-refractivity contribution in [2.45, 2.75) is 39.5 Å². The normalized spacial score (nSPS) is 10.6. The summed E-state index contributed by atoms with van der Waals surface area (Å²) in [6.07, 6.45) is 8.42. The average Bonchev–Trinajstić information content (AvgIpc) is 3.31. The fraction of sp³-hybridized carbons (Fsp3) is 0.276. The van der Waals surface area contributed by atoms with Crippen molar-refractivity contribution in [1.82, 2.24) is 4.98 Å². The lowest BCUT2D eigenvalue weighted by molar-refractivity contribution is 0.676. The molecule has 0 atom stereocenters. The van der Waals surface area contributed by atoms with Gasteiger partial charge in [-0.25, -0.2) is 4.98 Å². The summed E-state index contributed by atoms with van der Waals surface area (Å²) in [5.74, 6) is 0. The molecular formula is C29H30N4S. The lowest BCUT2D eigenvalue weighted by Crippen LogP contribution is -2.25. The van der Waals surface area contributed by atoms with Crippen LogP contribution in [0.2, 0.25) is 0 Å². The van der Waals surface area contributed by atoms with Crippen molar-refractivity contribution < 1.29 is 0 Å². The summed E-state index contributed by atoms with van der Waals surface area (Å²) in [6, 6.07) is 23.9. The second-order valence-electron chi connectivity index (χ2n) is 7.98. The van der Waals surface area contributed by atoms with E-state index in [4.69, 9.17) is 4.98 Å². The molecule has 0 amide bonds. The molecule has 0 fully saturated rings. The Hall–Kier alpha value is -3.67. The Bertz CT molecular complexity index is 1170. The maximum absolute atomic E-state index is 9.55. The number of unbranched alkanes of at least 4 members (excludes halogenated alkanes) is 2. The highest BCUT2D eigenvalue weighted by atomic mass is 32.1. The second-order valence-corrected chi connectivity index (χ2v) is 8.99. The van der Waals surface area contributed by atoms with Crippen molar-refractivity contribution in [3.8, 4) is 23.4 Å². The number of hydrogen-bond acceptors (Lipinski definition) is 5. The zero-order chi connectivity index (χ0) is 24.2. The molecule has 172 valence electrons. The zero-order valence-corrected chi connectivity index (χ0v) is 20.7. The maximum atomic E-state index is 9.55. The van der Waals surface area contributed by atoms with Crippen molar-refractivity contribution in [3.63, 3.8) is 0 Å². The van der Waals surface area contributed by atoms with Gasteiger partial charge in [-0.05, 0) is 24.5 Å². The molecule has 0 spiro atoms. The van der Waals surface area contributed by atoms with E-state index in [9.17, 15) is 10.5 Å². The molecule has 0 aliphatic heterocycles. The largest absolute Gasteiger partial charge is 0.348 e. The quantitative estimate of drug-likeness (QED) is 0.214. The third-order valence-corrected chi connectivity index (χ3v) is 6.58. The molecule has 1 heterocycles. The highest BCUT2D eigenvalue weighted by molar-refractivity contribution is 7.17. The molecule has 0 bridgehead atoms. The van der Waals surface area contributed by atoms with E-state index in [-0.39, 0.29) is 5.57 Å². The molecule has 0 aliphatic rings. The van der Waals surface area contributed by atoms with Gasteiger partial charge < -0.3 is 4.90 Å². The van der Waals surface area contributed by atoms with Crippen molar-refractivity contribution in [2.24, 2.45) is 0 Å². The van der Waals surface area contributed by atoms with E-state index in [0.29, 0.717) is 5.57 Å². The van der Waals surface area contributed by atoms with Crippen LogP contribution in [0.5, 0.6) is 0 Å². The molecule has 2 aromatic carbocycles. The second kappa shape index (κ2) is 13.1. The molecule has 34 heavy (non-hydrogen) atoms. The Kier molecular flexibility index (Phi) is 9.65. The molecule has 3 rings (SSSR count). The number of hydrogen-bond donors (Lipinski definition) is 0. The van der Waals surface area contributed by atoms with Crippen LogP contribution in [0.15, 0.2) is 72.3 Å². The predicted molar refractivity (Wildman–Crippen MR) is 143 cm³/mol. The molecule has 0 aliphatic carbocycles. The Morgan fingerprint density at radius 3 is 2.06 bits per heavy atom. The minimum atomic E-state index is 0.0981. The van der Waals surface area contributed by atoms with Gasteiger partial charge in [0.15, 0.2) is 5.13 Å². The van der Waals surface area contributed by atoms with E-state index in [1.54, 1.807) is 11.3 Å². The number of thiazole rings is 1. The van der Waals surface area contributed by atoms with E-state index < -0.39 is 0 Å². The summed E-state index contributed by atoms with van der Waals surface area (Å²) in [7, 11) is 0. The van der Waals surface area contributed by atoms with E-state index in [1.807, 2.05) is 72.8 Å². The number of benzene rings is 2. The summed E-state index contributed by atoms with van der Waals surface area (Å²) < 4.78 is 0. The van der Waals surface area contributed by atoms with Gasteiger partial charge in [-0.3, -0.25) is 0 Å². The minimum absolute atomic E-state index is 0.0981. The van der Waals surface area contributed by atoms with Crippen LogP contribution in [0, 0.1) is 22.7 Å². The maximum Gasteiger partial charge on any atom is 0.186 e. The van der Waals surface area contributed by atoms with E-state index >= 15 is 0 Å². The Labute approximate surface area is 207 Å². The van der Waals surface area contributed by atoms with Crippen LogP contribution in [0.3, 0.4) is 0 Å². The zero-order valence-electron chi connectivity index (χ0n) is 19.9. The summed E-state index contributed by atoms with van der Waals surface area (Å²) in [5, 5.41) is 20.1. The SMILES string of the molecule is CCCCN(CCCC)c1nc(-c2ccccc2)c(/C=C/C(=C(C#N)C#N)c2ccccc2)s1. The van der Waals surface area contributed by atoms with Gasteiger partial charge in [-0.2, -0.15) is 10.5 Å². The fourth-order valence-corrected chi connectivity index (χ4v) is 4.66. The first kappa shape index (κ1) is 25.0. The molecule has 0 radical (unpaired) electrons. The third kappa shape index (κ3) is 6.44. The minimum Gasteiger partial charge on any atom is -0.348 e. The fourth-order valence-electron chi connectivity index (χ4n) is 3.62. The topological polar surface area (TPSA) is 63.7 Å². The third-order valence-electron chi connectivity index (χ3n) is 5.50. The van der Waals surface area contributed by atoms with Crippen molar-refractivity contribution >= 4 is 28.1 Å². The van der Waals surface area contributed by atoms with Crippen LogP contribution in [0.25, 0.3) is 22.9 Å². The van der Waals surface area contributed by atoms with Crippen molar-refractivity contribution in [3.05, 3.63) is 82.8 Å². The number of rotatable bonds is 11. The summed E-state index contributed by atoms with van der Waals surface area (Å²) in [6.45, 7) is 6.40. The Morgan fingerprint density at radius 1 is 0.912 bits per heavy atom. The van der Waals surface area contributed by atoms with E-state index in [0.717, 1.165) is 65.6 Å². The summed E-state index contributed by atoms with van der Waals surface area (Å²) >= 11 is 1.67. The number of nitriles is 2. The molecule has 0 saturated heterocycles. The van der Waals surface area contributed by atoms with Crippen LogP contribution < -0.4 is 4.90 Å². The molecule has 4 nitrogen and oxygen atoms in total. The van der Waals surface area contributed by atoms with Gasteiger partial charge in [-0.1, -0.05) is 105 Å². The predicted octanol–water partition coefficient (Wildman–Crippen LogP) is 7.73. The molecule has 0 saturated carbocycles. The number of aromatic nitrogens is 1. The number of nitrogens with zero attached hydrogens (tertiary/aromatic N) is 4. The van der Waals surface area contributed by atoms with Gasteiger partial charge in [0.1, 0.15) is 17.7 Å². The molecule has 3 aromatic rings. The van der Waals surface area contributed by atoms with Crippen LogP contribution >= 0.6 is 11.3 Å². The molecule has 0 N–H and O–H groups in total. The molecule has 1 aromatic heterocycles. The first-order chi connectivity index (χ1) is 16.7. The van der Waals surface area contributed by atoms with Gasteiger partial charge in [-0.15, -0.1) is 0 Å². The summed E-state index contributed by atoms with van der Waals surface area (Å²) in [5.41, 5.74) is 3.55. The highest BCUT2D eigenvalue weighted by Gasteiger charge is 2.16. The van der Waals surface area contributed by atoms with Crippen LogP contribution in [0.4, 0.5) is 5.13 Å². The van der Waals surface area contributed by atoms with Crippen molar-refractivity contribution in [1.29, 1.82) is 10.5 Å². The Balaban J connectivity index is 2.08. The van der Waals surface area contributed by atoms with E-state index in [2.05, 4.69) is 30.9 Å². The number of anilines is 1. The van der Waals surface area contributed by atoms with Gasteiger partial charge in [0.05, 0.1) is 10.6 Å². The van der Waals surface area contributed by atoms with Crippen molar-refractivity contribution in [2.75, 3.05) is 18.0 Å². The van der Waals surface area contributed by atoms with Gasteiger partial charge in [0, 0.05) is 24.2 Å². The van der Waals surface area contributed by atoms with Crippen LogP contribution in [0.1, 0.15) is 50.0 Å². The molecular weight excluding hydrogens is 436 g/mol. The highest BCUT2D eigenvalue weighted by Crippen LogP contribution is 2.35. The standard InChI is InChI=1S/C29H30N4S/c1-3-5-19-33(20-6-4-2)29-32-28(24-15-11-8-12-16-24)27(34-29)18-17-26(25(21-30)22-31)23-13-9-7-10-14-23/h7-18H,3-6,19-20H2,1-2H3/b18-17+. The lowest BCUT2D eigenvalue weighted by Gasteiger charge is -2.21. The van der Waals surface area contributed by atoms with Gasteiger partial charge in [0.2, 0.25) is 0 Å².